The number of halogens is 1. The molecule has 0 radical (unpaired) electrons. The molecule has 32 heavy (non-hydrogen) atoms. The van der Waals surface area contributed by atoms with Gasteiger partial charge in [0.1, 0.15) is 30.3 Å². The highest BCUT2D eigenvalue weighted by Crippen LogP contribution is 2.26. The zero-order valence-electron chi connectivity index (χ0n) is 17.5. The van der Waals surface area contributed by atoms with E-state index in [-0.39, 0.29) is 13.2 Å². The third kappa shape index (κ3) is 4.48. The number of nitrogens with zero attached hydrogens (tertiary/aromatic N) is 2. The molecule has 2 atom stereocenters. The maximum atomic E-state index is 13.2. The highest BCUT2D eigenvalue weighted by atomic mass is 19.1. The van der Waals surface area contributed by atoms with Crippen molar-refractivity contribution in [1.29, 1.82) is 0 Å². The fourth-order valence-corrected chi connectivity index (χ4v) is 3.66. The van der Waals surface area contributed by atoms with E-state index in [4.69, 9.17) is 4.74 Å². The number of benzene rings is 3. The molecule has 0 aliphatic carbocycles. The van der Waals surface area contributed by atoms with Gasteiger partial charge in [-0.3, -0.25) is 14.6 Å². The van der Waals surface area contributed by atoms with Crippen molar-refractivity contribution in [2.75, 3.05) is 18.1 Å². The molecule has 0 bridgehead atoms. The third-order valence-electron chi connectivity index (χ3n) is 5.35. The average Bonchev–Trinajstić information content (AvgIpc) is 3.02. The van der Waals surface area contributed by atoms with Crippen LogP contribution in [0.5, 0.6) is 5.75 Å². The molecule has 1 aliphatic rings. The summed E-state index contributed by atoms with van der Waals surface area (Å²) < 4.78 is 18.8. The van der Waals surface area contributed by atoms with Gasteiger partial charge >= 0.3 is 6.03 Å². The molecule has 1 fully saturated rings. The smallest absolute Gasteiger partial charge is 0.332 e. The van der Waals surface area contributed by atoms with Crippen molar-refractivity contribution >= 4 is 17.6 Å². The standard InChI is InChI=1S/C25H23FN2O4/c1-17-24(30)27(25(31)28(17)21-11-9-20(26)10-12-21)15-22(29)16-32-23-13-7-19(8-14-23)18-5-3-2-4-6-18/h2-14,17,22,29H,15-16H2,1H3. The maximum absolute atomic E-state index is 13.2. The van der Waals surface area contributed by atoms with Crippen LogP contribution in [0.3, 0.4) is 0 Å². The monoisotopic (exact) mass is 434 g/mol. The lowest BCUT2D eigenvalue weighted by molar-refractivity contribution is -0.128. The summed E-state index contributed by atoms with van der Waals surface area (Å²) in [6.07, 6.45) is -1.06. The van der Waals surface area contributed by atoms with Gasteiger partial charge in [0, 0.05) is 5.69 Å². The SMILES string of the molecule is CC1C(=O)N(CC(O)COc2ccc(-c3ccccc3)cc2)C(=O)N1c1ccc(F)cc1. The summed E-state index contributed by atoms with van der Waals surface area (Å²) in [6.45, 7) is 1.33. The van der Waals surface area contributed by atoms with Gasteiger partial charge in [0.25, 0.3) is 5.91 Å². The molecule has 3 aromatic rings. The van der Waals surface area contributed by atoms with Crippen molar-refractivity contribution in [2.45, 2.75) is 19.1 Å². The van der Waals surface area contributed by atoms with Gasteiger partial charge in [-0.05, 0) is 54.4 Å². The minimum Gasteiger partial charge on any atom is -0.491 e. The maximum Gasteiger partial charge on any atom is 0.332 e. The van der Waals surface area contributed by atoms with E-state index in [0.29, 0.717) is 11.4 Å². The Hall–Kier alpha value is -3.71. The molecule has 0 aromatic heterocycles. The Labute approximate surface area is 185 Å². The number of β-amino-alcohol motifs (C(OH)–C–C–N with tert-alkyl or cyclic N) is 1. The van der Waals surface area contributed by atoms with Crippen LogP contribution < -0.4 is 9.64 Å². The molecule has 1 aliphatic heterocycles. The second kappa shape index (κ2) is 9.20. The zero-order valence-corrected chi connectivity index (χ0v) is 17.5. The number of hydrogen-bond acceptors (Lipinski definition) is 4. The summed E-state index contributed by atoms with van der Waals surface area (Å²) >= 11 is 0. The topological polar surface area (TPSA) is 70.1 Å². The van der Waals surface area contributed by atoms with Crippen molar-refractivity contribution in [2.24, 2.45) is 0 Å². The van der Waals surface area contributed by atoms with E-state index in [0.717, 1.165) is 16.0 Å². The van der Waals surface area contributed by atoms with E-state index in [1.54, 1.807) is 19.1 Å². The highest BCUT2D eigenvalue weighted by molar-refractivity contribution is 6.14. The first-order valence-corrected chi connectivity index (χ1v) is 10.3. The third-order valence-corrected chi connectivity index (χ3v) is 5.35. The summed E-state index contributed by atoms with van der Waals surface area (Å²) in [6, 6.07) is 21.4. The summed E-state index contributed by atoms with van der Waals surface area (Å²) in [4.78, 5) is 27.7. The fourth-order valence-electron chi connectivity index (χ4n) is 3.66. The number of anilines is 1. The first-order valence-electron chi connectivity index (χ1n) is 10.3. The van der Waals surface area contributed by atoms with Gasteiger partial charge in [-0.1, -0.05) is 42.5 Å². The molecule has 1 saturated heterocycles. The number of aliphatic hydroxyl groups is 1. The van der Waals surface area contributed by atoms with Gasteiger partial charge in [0.05, 0.1) is 6.54 Å². The van der Waals surface area contributed by atoms with Crippen molar-refractivity contribution in [3.05, 3.63) is 84.7 Å². The van der Waals surface area contributed by atoms with E-state index < -0.39 is 29.9 Å². The van der Waals surface area contributed by atoms with Crippen LogP contribution in [-0.4, -0.2) is 47.2 Å². The van der Waals surface area contributed by atoms with E-state index in [1.807, 2.05) is 42.5 Å². The number of rotatable bonds is 7. The molecule has 0 saturated carbocycles. The van der Waals surface area contributed by atoms with Crippen LogP contribution in [0.4, 0.5) is 14.9 Å². The largest absolute Gasteiger partial charge is 0.491 e. The van der Waals surface area contributed by atoms with Gasteiger partial charge in [-0.25, -0.2) is 9.18 Å². The lowest BCUT2D eigenvalue weighted by atomic mass is 10.1. The summed E-state index contributed by atoms with van der Waals surface area (Å²) in [5.74, 6) is -0.282. The number of imide groups is 1. The van der Waals surface area contributed by atoms with Crippen LogP contribution in [0.15, 0.2) is 78.9 Å². The molecule has 6 nitrogen and oxygen atoms in total. The number of hydrogen-bond donors (Lipinski definition) is 1. The molecule has 2 unspecified atom stereocenters. The molecule has 0 spiro atoms. The minimum absolute atomic E-state index is 0.0767. The van der Waals surface area contributed by atoms with Crippen LogP contribution in [0.2, 0.25) is 0 Å². The number of ether oxygens (including phenoxy) is 1. The Morgan fingerprint density at radius 2 is 1.56 bits per heavy atom. The second-order valence-electron chi connectivity index (χ2n) is 7.61. The molecular weight excluding hydrogens is 411 g/mol. The van der Waals surface area contributed by atoms with Crippen LogP contribution >= 0.6 is 0 Å². The van der Waals surface area contributed by atoms with Crippen molar-refractivity contribution in [1.82, 2.24) is 4.90 Å². The number of urea groups is 1. The minimum atomic E-state index is -1.06. The van der Waals surface area contributed by atoms with Crippen LogP contribution in [0.25, 0.3) is 11.1 Å². The molecule has 1 N–H and O–H groups in total. The van der Waals surface area contributed by atoms with Gasteiger partial charge in [-0.2, -0.15) is 0 Å². The Morgan fingerprint density at radius 1 is 0.938 bits per heavy atom. The molecule has 4 rings (SSSR count). The summed E-state index contributed by atoms with van der Waals surface area (Å²) in [7, 11) is 0. The van der Waals surface area contributed by atoms with Crippen molar-refractivity contribution < 1.29 is 23.8 Å². The van der Waals surface area contributed by atoms with E-state index >= 15 is 0 Å². The van der Waals surface area contributed by atoms with E-state index in [1.165, 1.54) is 29.2 Å². The Bertz CT molecular complexity index is 1090. The lowest BCUT2D eigenvalue weighted by Gasteiger charge is -2.20. The first-order chi connectivity index (χ1) is 15.4. The van der Waals surface area contributed by atoms with Gasteiger partial charge in [-0.15, -0.1) is 0 Å². The number of carbonyl (C=O) groups is 2. The highest BCUT2D eigenvalue weighted by Gasteiger charge is 2.43. The quantitative estimate of drug-likeness (QED) is 0.569. The molecular formula is C25H23FN2O4. The average molecular weight is 434 g/mol. The Balaban J connectivity index is 1.35. The fraction of sp³-hybridized carbons (Fsp3) is 0.200. The van der Waals surface area contributed by atoms with Gasteiger partial charge < -0.3 is 9.84 Å². The molecule has 1 heterocycles. The number of carbonyl (C=O) groups excluding carboxylic acids is 2. The number of amides is 3. The van der Waals surface area contributed by atoms with Crippen LogP contribution in [-0.2, 0) is 4.79 Å². The summed E-state index contributed by atoms with van der Waals surface area (Å²) in [5, 5.41) is 10.4. The van der Waals surface area contributed by atoms with Crippen molar-refractivity contribution in [3.63, 3.8) is 0 Å². The van der Waals surface area contributed by atoms with Crippen LogP contribution in [0, 0.1) is 5.82 Å². The summed E-state index contributed by atoms with van der Waals surface area (Å²) in [5.41, 5.74) is 2.55. The first kappa shape index (κ1) is 21.5. The van der Waals surface area contributed by atoms with Crippen molar-refractivity contribution in [3.8, 4) is 16.9 Å². The zero-order chi connectivity index (χ0) is 22.7. The van der Waals surface area contributed by atoms with Gasteiger partial charge in [0.2, 0.25) is 0 Å². The molecule has 164 valence electrons. The van der Waals surface area contributed by atoms with Gasteiger partial charge in [0.15, 0.2) is 0 Å². The van der Waals surface area contributed by atoms with Crippen LogP contribution in [0.1, 0.15) is 6.92 Å². The lowest BCUT2D eigenvalue weighted by Crippen LogP contribution is -2.40. The van der Waals surface area contributed by atoms with E-state index in [9.17, 15) is 19.1 Å². The van der Waals surface area contributed by atoms with E-state index in [2.05, 4.69) is 0 Å². The number of aliphatic hydroxyl groups excluding tert-OH is 1. The molecule has 3 amide bonds. The predicted molar refractivity (Wildman–Crippen MR) is 119 cm³/mol. The molecule has 7 heteroatoms. The Kier molecular flexibility index (Phi) is 6.18. The normalized spacial score (nSPS) is 17.0. The second-order valence-corrected chi connectivity index (χ2v) is 7.61. The molecule has 3 aromatic carbocycles. The predicted octanol–water partition coefficient (Wildman–Crippen LogP) is 4.09. The Morgan fingerprint density at radius 3 is 2.22 bits per heavy atom.